The molecule has 0 aliphatic carbocycles. The monoisotopic (exact) mass is 347 g/mol. The van der Waals surface area contributed by atoms with Crippen molar-refractivity contribution in [1.29, 1.82) is 0 Å². The van der Waals surface area contributed by atoms with Crippen LogP contribution in [0.4, 0.5) is 0 Å². The Morgan fingerprint density at radius 3 is 2.68 bits per heavy atom. The van der Waals surface area contributed by atoms with Gasteiger partial charge < -0.3 is 15.6 Å². The van der Waals surface area contributed by atoms with Crippen molar-refractivity contribution in [2.24, 2.45) is 11.7 Å². The Bertz CT molecular complexity index is 681. The normalized spacial score (nSPS) is 22.7. The van der Waals surface area contributed by atoms with E-state index in [1.165, 1.54) is 12.4 Å². The number of amides is 2. The van der Waals surface area contributed by atoms with Gasteiger partial charge in [-0.25, -0.2) is 4.98 Å². The summed E-state index contributed by atoms with van der Waals surface area (Å²) in [7, 11) is 0. The predicted molar refractivity (Wildman–Crippen MR) is 91.8 cm³/mol. The van der Waals surface area contributed by atoms with Crippen molar-refractivity contribution in [2.45, 2.75) is 31.6 Å². The molecule has 3 N–H and O–H groups in total. The smallest absolute Gasteiger partial charge is 0.250 e. The first kappa shape index (κ1) is 17.6. The van der Waals surface area contributed by atoms with Crippen LogP contribution in [-0.2, 0) is 9.59 Å². The molecule has 0 bridgehead atoms. The molecule has 8 heteroatoms. The first-order valence-electron chi connectivity index (χ1n) is 8.87. The van der Waals surface area contributed by atoms with Gasteiger partial charge in [-0.3, -0.25) is 19.3 Å². The lowest BCUT2D eigenvalue weighted by Gasteiger charge is -2.37. The van der Waals surface area contributed by atoms with E-state index in [1.807, 2.05) is 9.80 Å². The number of carbonyl (C=O) groups excluding carboxylic acids is 2. The number of nitrogens with zero attached hydrogens (tertiary/aromatic N) is 3. The number of nitrogens with two attached hydrogens (primary N) is 1. The highest BCUT2D eigenvalue weighted by Crippen LogP contribution is 2.27. The molecule has 2 saturated heterocycles. The van der Waals surface area contributed by atoms with Crippen molar-refractivity contribution in [3.05, 3.63) is 28.4 Å². The van der Waals surface area contributed by atoms with Gasteiger partial charge in [0.25, 0.3) is 5.56 Å². The quantitative estimate of drug-likeness (QED) is 0.775. The van der Waals surface area contributed by atoms with Crippen molar-refractivity contribution < 1.29 is 9.59 Å². The largest absolute Gasteiger partial charge is 0.369 e. The molecular weight excluding hydrogens is 322 g/mol. The van der Waals surface area contributed by atoms with Crippen LogP contribution in [0.25, 0.3) is 0 Å². The van der Waals surface area contributed by atoms with Gasteiger partial charge in [-0.1, -0.05) is 0 Å². The maximum atomic E-state index is 12.9. The fraction of sp³-hybridized carbons (Fsp3) is 0.647. The molecule has 136 valence electrons. The third-order valence-electron chi connectivity index (χ3n) is 5.17. The van der Waals surface area contributed by atoms with E-state index < -0.39 is 0 Å². The highest BCUT2D eigenvalue weighted by atomic mass is 16.2. The molecule has 0 aromatic carbocycles. The summed E-state index contributed by atoms with van der Waals surface area (Å²) in [5, 5.41) is 0. The van der Waals surface area contributed by atoms with Crippen molar-refractivity contribution in [1.82, 2.24) is 19.8 Å². The molecule has 1 aromatic heterocycles. The van der Waals surface area contributed by atoms with Crippen LogP contribution in [0, 0.1) is 5.92 Å². The average molecular weight is 347 g/mol. The Kier molecular flexibility index (Phi) is 5.47. The van der Waals surface area contributed by atoms with Gasteiger partial charge in [0.1, 0.15) is 0 Å². The van der Waals surface area contributed by atoms with Crippen LogP contribution < -0.4 is 11.3 Å². The molecule has 2 aliphatic heterocycles. The summed E-state index contributed by atoms with van der Waals surface area (Å²) in [5.41, 5.74) is 5.83. The molecule has 0 spiro atoms. The third kappa shape index (κ3) is 4.45. The molecule has 3 rings (SSSR count). The van der Waals surface area contributed by atoms with E-state index in [4.69, 9.17) is 5.73 Å². The number of rotatable bonds is 4. The number of piperidine rings is 2. The van der Waals surface area contributed by atoms with Gasteiger partial charge in [0.15, 0.2) is 0 Å². The summed E-state index contributed by atoms with van der Waals surface area (Å²) in [6, 6.07) is 1.53. The van der Waals surface area contributed by atoms with E-state index in [-0.39, 0.29) is 35.8 Å². The Balaban J connectivity index is 1.57. The van der Waals surface area contributed by atoms with E-state index in [2.05, 4.69) is 9.97 Å². The molecule has 0 saturated carbocycles. The van der Waals surface area contributed by atoms with Crippen molar-refractivity contribution in [3.63, 3.8) is 0 Å². The summed E-state index contributed by atoms with van der Waals surface area (Å²) in [5.74, 6) is -0.00720. The van der Waals surface area contributed by atoms with Crippen LogP contribution in [0.1, 0.15) is 37.3 Å². The minimum atomic E-state index is -0.325. The van der Waals surface area contributed by atoms with Crippen LogP contribution in [0.5, 0.6) is 0 Å². The van der Waals surface area contributed by atoms with Crippen molar-refractivity contribution >= 4 is 11.8 Å². The molecule has 0 radical (unpaired) electrons. The van der Waals surface area contributed by atoms with Crippen LogP contribution in [0.2, 0.25) is 0 Å². The SMILES string of the molecule is NC(=O)CN1CCC(C(=O)N2CCCC(c3cc(=O)[nH]cn3)C2)CC1. The van der Waals surface area contributed by atoms with E-state index in [9.17, 15) is 14.4 Å². The first-order chi connectivity index (χ1) is 12.0. The van der Waals surface area contributed by atoms with Gasteiger partial charge in [-0.15, -0.1) is 0 Å². The van der Waals surface area contributed by atoms with Gasteiger partial charge in [-0.05, 0) is 38.8 Å². The lowest BCUT2D eigenvalue weighted by Crippen LogP contribution is -2.47. The van der Waals surface area contributed by atoms with Gasteiger partial charge >= 0.3 is 0 Å². The van der Waals surface area contributed by atoms with Crippen molar-refractivity contribution in [3.8, 4) is 0 Å². The lowest BCUT2D eigenvalue weighted by atomic mass is 9.91. The van der Waals surface area contributed by atoms with Crippen LogP contribution in [0.3, 0.4) is 0 Å². The van der Waals surface area contributed by atoms with Gasteiger partial charge in [0, 0.05) is 31.0 Å². The minimum absolute atomic E-state index is 0.00927. The number of hydrogen-bond acceptors (Lipinski definition) is 5. The predicted octanol–water partition coefficient (Wildman–Crippen LogP) is -0.327. The Labute approximate surface area is 146 Å². The zero-order chi connectivity index (χ0) is 17.8. The van der Waals surface area contributed by atoms with Crippen LogP contribution in [0.15, 0.2) is 17.2 Å². The topological polar surface area (TPSA) is 112 Å². The molecule has 1 unspecified atom stereocenters. The first-order valence-corrected chi connectivity index (χ1v) is 8.87. The maximum Gasteiger partial charge on any atom is 0.250 e. The zero-order valence-electron chi connectivity index (χ0n) is 14.3. The molecule has 2 aliphatic rings. The molecule has 2 amide bonds. The molecule has 3 heterocycles. The standard InChI is InChI=1S/C17H25N5O3/c18-15(23)10-21-6-3-12(4-7-21)17(25)22-5-1-2-13(9-22)14-8-16(24)20-11-19-14/h8,11-13H,1-7,9-10H2,(H2,18,23)(H,19,20,24). The van der Waals surface area contributed by atoms with Crippen LogP contribution >= 0.6 is 0 Å². The van der Waals surface area contributed by atoms with Gasteiger partial charge in [-0.2, -0.15) is 0 Å². The highest BCUT2D eigenvalue weighted by Gasteiger charge is 2.32. The summed E-state index contributed by atoms with van der Waals surface area (Å²) in [6.07, 6.45) is 4.81. The van der Waals surface area contributed by atoms with E-state index in [1.54, 1.807) is 0 Å². The Morgan fingerprint density at radius 2 is 2.00 bits per heavy atom. The second-order valence-electron chi connectivity index (χ2n) is 6.98. The lowest BCUT2D eigenvalue weighted by molar-refractivity contribution is -0.138. The molecule has 1 atom stereocenters. The Morgan fingerprint density at radius 1 is 1.24 bits per heavy atom. The van der Waals surface area contributed by atoms with Crippen LogP contribution in [-0.4, -0.2) is 64.3 Å². The minimum Gasteiger partial charge on any atom is -0.369 e. The second kappa shape index (κ2) is 7.77. The number of primary amides is 1. The maximum absolute atomic E-state index is 12.9. The fourth-order valence-electron chi connectivity index (χ4n) is 3.84. The number of carbonyl (C=O) groups is 2. The summed E-state index contributed by atoms with van der Waals surface area (Å²) < 4.78 is 0. The number of nitrogens with one attached hydrogen (secondary N) is 1. The Hall–Kier alpha value is -2.22. The van der Waals surface area contributed by atoms with E-state index >= 15 is 0 Å². The molecule has 1 aromatic rings. The summed E-state index contributed by atoms with van der Waals surface area (Å²) >= 11 is 0. The van der Waals surface area contributed by atoms with E-state index in [0.29, 0.717) is 6.54 Å². The number of hydrogen-bond donors (Lipinski definition) is 2. The summed E-state index contributed by atoms with van der Waals surface area (Å²) in [4.78, 5) is 46.1. The zero-order valence-corrected chi connectivity index (χ0v) is 14.3. The van der Waals surface area contributed by atoms with E-state index in [0.717, 1.165) is 51.0 Å². The molecule has 25 heavy (non-hydrogen) atoms. The second-order valence-corrected chi connectivity index (χ2v) is 6.98. The highest BCUT2D eigenvalue weighted by molar-refractivity contribution is 5.79. The molecule has 2 fully saturated rings. The fourth-order valence-corrected chi connectivity index (χ4v) is 3.84. The van der Waals surface area contributed by atoms with Gasteiger partial charge in [0.2, 0.25) is 11.8 Å². The average Bonchev–Trinajstić information content (AvgIpc) is 2.61. The third-order valence-corrected chi connectivity index (χ3v) is 5.17. The van der Waals surface area contributed by atoms with Gasteiger partial charge in [0.05, 0.1) is 18.6 Å². The number of aromatic amines is 1. The summed E-state index contributed by atoms with van der Waals surface area (Å²) in [6.45, 7) is 3.11. The number of likely N-dealkylation sites (tertiary alicyclic amines) is 2. The molecule has 8 nitrogen and oxygen atoms in total. The number of aromatic nitrogens is 2. The van der Waals surface area contributed by atoms with Crippen molar-refractivity contribution in [2.75, 3.05) is 32.7 Å². The number of H-pyrrole nitrogens is 1. The molecular formula is C17H25N5O3.